The third-order valence-electron chi connectivity index (χ3n) is 11.8. The number of ether oxygens (including phenoxy) is 1. The van der Waals surface area contributed by atoms with Crippen LogP contribution in [-0.4, -0.2) is 73.3 Å². The van der Waals surface area contributed by atoms with Crippen LogP contribution in [0.15, 0.2) is 53.5 Å². The molecule has 1 aliphatic carbocycles. The highest BCUT2D eigenvalue weighted by Crippen LogP contribution is 2.40. The summed E-state index contributed by atoms with van der Waals surface area (Å²) >= 11 is 6.84. The number of halogens is 4. The van der Waals surface area contributed by atoms with Crippen LogP contribution in [0.3, 0.4) is 0 Å². The van der Waals surface area contributed by atoms with E-state index in [1.165, 1.54) is 17.7 Å². The second-order valence-corrected chi connectivity index (χ2v) is 15.7. The highest BCUT2D eigenvalue weighted by molar-refractivity contribution is 6.32. The first kappa shape index (κ1) is 38.6. The predicted octanol–water partition coefficient (Wildman–Crippen LogP) is 6.61. The molecule has 13 nitrogen and oxygen atoms in total. The number of likely N-dealkylation sites (tertiary alicyclic amines) is 1. The second kappa shape index (κ2) is 15.3. The van der Waals surface area contributed by atoms with Crippen LogP contribution in [0.5, 0.6) is 5.75 Å². The molecule has 3 aromatic heterocycles. The van der Waals surface area contributed by atoms with Gasteiger partial charge in [0.1, 0.15) is 23.2 Å². The van der Waals surface area contributed by atoms with E-state index in [-0.39, 0.29) is 42.1 Å². The number of carbonyl (C=O) groups excluding carboxylic acids is 3. The van der Waals surface area contributed by atoms with Gasteiger partial charge in [0.15, 0.2) is 0 Å². The number of nitrogens with zero attached hydrogens (tertiary/aromatic N) is 6. The van der Waals surface area contributed by atoms with E-state index >= 15 is 0 Å². The van der Waals surface area contributed by atoms with Crippen LogP contribution in [0.1, 0.15) is 91.1 Å². The first-order valence-corrected chi connectivity index (χ1v) is 19.5. The number of aryl methyl sites for hydroxylation is 1. The lowest BCUT2D eigenvalue weighted by atomic mass is 9.84. The van der Waals surface area contributed by atoms with E-state index in [1.807, 2.05) is 16.9 Å². The summed E-state index contributed by atoms with van der Waals surface area (Å²) in [5.41, 5.74) is 1.49. The molecule has 2 saturated heterocycles. The molecular weight excluding hydrogens is 765 g/mol. The molecule has 5 aromatic rings. The molecule has 0 bridgehead atoms. The van der Waals surface area contributed by atoms with E-state index in [0.717, 1.165) is 86.8 Å². The summed E-state index contributed by atoms with van der Waals surface area (Å²) < 4.78 is 50.1. The van der Waals surface area contributed by atoms with Crippen LogP contribution < -0.4 is 21.1 Å². The van der Waals surface area contributed by atoms with Crippen LogP contribution in [0.4, 0.5) is 18.9 Å². The maximum atomic E-state index is 13.5. The fourth-order valence-corrected chi connectivity index (χ4v) is 9.20. The second-order valence-electron chi connectivity index (χ2n) is 15.3. The van der Waals surface area contributed by atoms with Crippen molar-refractivity contribution in [3.05, 3.63) is 81.1 Å². The lowest BCUT2D eigenvalue weighted by Gasteiger charge is -2.37. The Morgan fingerprint density at radius 3 is 2.47 bits per heavy atom. The van der Waals surface area contributed by atoms with Crippen LogP contribution in [0, 0.1) is 5.92 Å². The van der Waals surface area contributed by atoms with Crippen molar-refractivity contribution < 1.29 is 32.3 Å². The monoisotopic (exact) mass is 806 g/mol. The van der Waals surface area contributed by atoms with Gasteiger partial charge in [-0.05, 0) is 106 Å². The SMILES string of the molecule is COc1cc2nn(C3CCC(CN4CCC(c5c(Cl)ccc6c5n(C)c(=O)n6C5CCC(=O)NC5=O)CC4)CC3)cc2cc1NC(=O)c1cccc(C(F)(F)F)n1. The standard InChI is InChI=1S/C40H42ClF3N8O5/c1-49-36-30(52(39(49)56)31-12-13-34(53)47-38(31)55)11-10-26(41)35(36)23-14-16-50(17-15-23)20-22-6-8-25(9-7-22)51-21-24-18-29(32(57-2)19-28(24)48-51)46-37(54)27-4-3-5-33(45-27)40(42,43)44/h3-5,10-11,18-19,21-23,25,31H,6-9,12-17,20H2,1-2H3,(H,46,54)(H,47,53,55). The van der Waals surface area contributed by atoms with Gasteiger partial charge in [0.2, 0.25) is 11.8 Å². The van der Waals surface area contributed by atoms with Gasteiger partial charge in [0, 0.05) is 42.7 Å². The van der Waals surface area contributed by atoms with Crippen molar-refractivity contribution in [3.8, 4) is 5.75 Å². The molecule has 1 saturated carbocycles. The first-order valence-electron chi connectivity index (χ1n) is 19.2. The number of rotatable bonds is 8. The van der Waals surface area contributed by atoms with Gasteiger partial charge in [-0.3, -0.25) is 33.5 Å². The Kier molecular flexibility index (Phi) is 10.4. The molecule has 3 amide bonds. The number of hydrogen-bond acceptors (Lipinski definition) is 8. The number of piperidine rings is 2. The number of nitrogens with one attached hydrogen (secondary N) is 2. The number of methoxy groups -OCH3 is 1. The van der Waals surface area contributed by atoms with Crippen LogP contribution in [0.25, 0.3) is 21.9 Å². The number of alkyl halides is 3. The van der Waals surface area contributed by atoms with E-state index in [4.69, 9.17) is 21.4 Å². The van der Waals surface area contributed by atoms with Gasteiger partial charge < -0.3 is 15.0 Å². The minimum atomic E-state index is -4.67. The van der Waals surface area contributed by atoms with Crippen molar-refractivity contribution >= 4 is 56.9 Å². The van der Waals surface area contributed by atoms with Gasteiger partial charge in [-0.25, -0.2) is 9.78 Å². The Bertz CT molecular complexity index is 2440. The third-order valence-corrected chi connectivity index (χ3v) is 12.1. The van der Waals surface area contributed by atoms with Crippen molar-refractivity contribution in [2.45, 2.75) is 75.5 Å². The highest BCUT2D eigenvalue weighted by Gasteiger charge is 2.35. The maximum absolute atomic E-state index is 13.5. The van der Waals surface area contributed by atoms with Crippen molar-refractivity contribution in [2.75, 3.05) is 32.1 Å². The zero-order valence-corrected chi connectivity index (χ0v) is 32.2. The van der Waals surface area contributed by atoms with Gasteiger partial charge >= 0.3 is 11.9 Å². The molecule has 0 radical (unpaired) electrons. The van der Waals surface area contributed by atoms with E-state index in [2.05, 4.69) is 20.5 Å². The zero-order chi connectivity index (χ0) is 40.2. The normalized spacial score (nSPS) is 21.3. The lowest BCUT2D eigenvalue weighted by molar-refractivity contribution is -0.141. The van der Waals surface area contributed by atoms with Crippen molar-refractivity contribution in [1.82, 2.24) is 34.1 Å². The Hall–Kier alpha value is -5.22. The maximum Gasteiger partial charge on any atom is 0.433 e. The molecule has 300 valence electrons. The molecule has 1 unspecified atom stereocenters. The number of aromatic nitrogens is 5. The Morgan fingerprint density at radius 1 is 1.02 bits per heavy atom. The van der Waals surface area contributed by atoms with E-state index < -0.39 is 29.7 Å². The molecule has 0 spiro atoms. The molecule has 17 heteroatoms. The molecule has 57 heavy (non-hydrogen) atoms. The Balaban J connectivity index is 0.888. The molecule has 8 rings (SSSR count). The smallest absolute Gasteiger partial charge is 0.433 e. The van der Waals surface area contributed by atoms with Gasteiger partial charge in [0.05, 0.1) is 35.4 Å². The topological polar surface area (TPSA) is 145 Å². The summed E-state index contributed by atoms with van der Waals surface area (Å²) in [6, 6.07) is 9.64. The first-order chi connectivity index (χ1) is 27.3. The molecule has 3 aliphatic rings. The molecule has 5 heterocycles. The number of carbonyl (C=O) groups is 3. The predicted molar refractivity (Wildman–Crippen MR) is 206 cm³/mol. The number of hydrogen-bond donors (Lipinski definition) is 2. The number of anilines is 1. The van der Waals surface area contributed by atoms with Gasteiger partial charge in [-0.15, -0.1) is 0 Å². The summed E-state index contributed by atoms with van der Waals surface area (Å²) in [5.74, 6) is -0.574. The number of fused-ring (bicyclic) bond motifs is 2. The van der Waals surface area contributed by atoms with Crippen LogP contribution >= 0.6 is 11.6 Å². The average Bonchev–Trinajstić information content (AvgIpc) is 3.72. The largest absolute Gasteiger partial charge is 0.494 e. The van der Waals surface area contributed by atoms with E-state index in [0.29, 0.717) is 33.4 Å². The zero-order valence-electron chi connectivity index (χ0n) is 31.4. The fourth-order valence-electron chi connectivity index (χ4n) is 8.89. The number of imidazole rings is 1. The summed E-state index contributed by atoms with van der Waals surface area (Å²) in [7, 11) is 3.16. The van der Waals surface area contributed by atoms with Crippen LogP contribution in [-0.2, 0) is 22.8 Å². The summed E-state index contributed by atoms with van der Waals surface area (Å²) in [6.07, 6.45) is 3.45. The molecule has 3 fully saturated rings. The lowest BCUT2D eigenvalue weighted by Crippen LogP contribution is -2.44. The minimum Gasteiger partial charge on any atom is -0.494 e. The van der Waals surface area contributed by atoms with Gasteiger partial charge in [-0.2, -0.15) is 18.3 Å². The van der Waals surface area contributed by atoms with Gasteiger partial charge in [0.25, 0.3) is 5.91 Å². The molecule has 2 N–H and O–H groups in total. The Labute approximate surface area is 330 Å². The fraction of sp³-hybridized carbons (Fsp3) is 0.450. The minimum absolute atomic E-state index is 0.148. The highest BCUT2D eigenvalue weighted by atomic mass is 35.5. The molecule has 2 aliphatic heterocycles. The van der Waals surface area contributed by atoms with Gasteiger partial charge in [-0.1, -0.05) is 17.7 Å². The molecule has 2 aromatic carbocycles. The van der Waals surface area contributed by atoms with Crippen LogP contribution in [0.2, 0.25) is 5.02 Å². The number of benzene rings is 2. The number of pyridine rings is 1. The number of imide groups is 1. The van der Waals surface area contributed by atoms with Crippen molar-refractivity contribution in [2.24, 2.45) is 13.0 Å². The van der Waals surface area contributed by atoms with Crippen molar-refractivity contribution in [3.63, 3.8) is 0 Å². The van der Waals surface area contributed by atoms with Crippen molar-refractivity contribution in [1.29, 1.82) is 0 Å². The quantitative estimate of drug-likeness (QED) is 0.167. The summed E-state index contributed by atoms with van der Waals surface area (Å²) in [4.78, 5) is 56.9. The molecule has 1 atom stereocenters. The van der Waals surface area contributed by atoms with E-state index in [9.17, 15) is 32.3 Å². The molecular formula is C40H42ClF3N8O5. The number of amides is 3. The summed E-state index contributed by atoms with van der Waals surface area (Å²) in [6.45, 7) is 2.78. The summed E-state index contributed by atoms with van der Waals surface area (Å²) in [5, 5.41) is 11.2. The Morgan fingerprint density at radius 2 is 1.77 bits per heavy atom. The third kappa shape index (κ3) is 7.52. The van der Waals surface area contributed by atoms with E-state index in [1.54, 1.807) is 29.8 Å². The average molecular weight is 807 g/mol.